The standard InChI is InChI=1S/C16H24N2O/c1-14-5-4-6-15(11-14)18-9-7-17(8-10-18)12-16(2,3)13-19/h4-6,11,13H,7-10,12H2,1-3H3. The number of carbonyl (C=O) groups excluding carboxylic acids is 1. The van der Waals surface area contributed by atoms with Crippen molar-refractivity contribution in [1.82, 2.24) is 4.90 Å². The van der Waals surface area contributed by atoms with Crippen LogP contribution in [0.25, 0.3) is 0 Å². The zero-order chi connectivity index (χ0) is 13.9. The summed E-state index contributed by atoms with van der Waals surface area (Å²) < 4.78 is 0. The van der Waals surface area contributed by atoms with E-state index in [1.54, 1.807) is 0 Å². The van der Waals surface area contributed by atoms with Gasteiger partial charge in [-0.3, -0.25) is 4.90 Å². The average molecular weight is 260 g/mol. The molecular weight excluding hydrogens is 236 g/mol. The number of anilines is 1. The van der Waals surface area contributed by atoms with Gasteiger partial charge in [-0.15, -0.1) is 0 Å². The van der Waals surface area contributed by atoms with Gasteiger partial charge in [0.2, 0.25) is 0 Å². The second-order valence-corrected chi connectivity index (χ2v) is 6.21. The van der Waals surface area contributed by atoms with E-state index in [4.69, 9.17) is 0 Å². The van der Waals surface area contributed by atoms with Crippen molar-refractivity contribution in [2.24, 2.45) is 5.41 Å². The third-order valence-electron chi connectivity index (χ3n) is 3.69. The van der Waals surface area contributed by atoms with Crippen molar-refractivity contribution in [2.75, 3.05) is 37.6 Å². The van der Waals surface area contributed by atoms with Crippen LogP contribution in [0.15, 0.2) is 24.3 Å². The minimum absolute atomic E-state index is 0.231. The van der Waals surface area contributed by atoms with Crippen LogP contribution >= 0.6 is 0 Å². The summed E-state index contributed by atoms with van der Waals surface area (Å²) in [4.78, 5) is 15.8. The molecule has 0 N–H and O–H groups in total. The Morgan fingerprint density at radius 1 is 1.21 bits per heavy atom. The summed E-state index contributed by atoms with van der Waals surface area (Å²) >= 11 is 0. The van der Waals surface area contributed by atoms with Crippen molar-refractivity contribution >= 4 is 12.0 Å². The summed E-state index contributed by atoms with van der Waals surface area (Å²) in [5.41, 5.74) is 2.39. The van der Waals surface area contributed by atoms with Crippen molar-refractivity contribution in [3.05, 3.63) is 29.8 Å². The highest BCUT2D eigenvalue weighted by Gasteiger charge is 2.24. The Labute approximate surface area is 116 Å². The van der Waals surface area contributed by atoms with Gasteiger partial charge >= 0.3 is 0 Å². The molecule has 0 atom stereocenters. The van der Waals surface area contributed by atoms with Crippen molar-refractivity contribution in [3.8, 4) is 0 Å². The molecule has 104 valence electrons. The van der Waals surface area contributed by atoms with Gasteiger partial charge in [0.05, 0.1) is 0 Å². The minimum atomic E-state index is -0.231. The van der Waals surface area contributed by atoms with Crippen molar-refractivity contribution in [1.29, 1.82) is 0 Å². The van der Waals surface area contributed by atoms with Gasteiger partial charge in [0.15, 0.2) is 0 Å². The molecule has 0 saturated carbocycles. The maximum Gasteiger partial charge on any atom is 0.126 e. The molecule has 0 unspecified atom stereocenters. The molecular formula is C16H24N2O. The SMILES string of the molecule is Cc1cccc(N2CCN(CC(C)(C)C=O)CC2)c1. The van der Waals surface area contributed by atoms with Gasteiger partial charge in [-0.2, -0.15) is 0 Å². The van der Waals surface area contributed by atoms with E-state index in [1.165, 1.54) is 11.3 Å². The maximum absolute atomic E-state index is 11.0. The topological polar surface area (TPSA) is 23.6 Å². The van der Waals surface area contributed by atoms with Crippen LogP contribution in [0.1, 0.15) is 19.4 Å². The lowest BCUT2D eigenvalue weighted by Crippen LogP contribution is -2.49. The van der Waals surface area contributed by atoms with Gasteiger partial charge in [-0.25, -0.2) is 0 Å². The lowest BCUT2D eigenvalue weighted by atomic mass is 9.95. The van der Waals surface area contributed by atoms with E-state index in [0.29, 0.717) is 0 Å². The molecule has 1 fully saturated rings. The monoisotopic (exact) mass is 260 g/mol. The van der Waals surface area contributed by atoms with Gasteiger partial charge in [0.1, 0.15) is 6.29 Å². The van der Waals surface area contributed by atoms with Crippen molar-refractivity contribution < 1.29 is 4.79 Å². The van der Waals surface area contributed by atoms with E-state index >= 15 is 0 Å². The average Bonchev–Trinajstić information content (AvgIpc) is 2.39. The lowest BCUT2D eigenvalue weighted by molar-refractivity contribution is -0.115. The number of hydrogen-bond donors (Lipinski definition) is 0. The van der Waals surface area contributed by atoms with Gasteiger partial charge in [0.25, 0.3) is 0 Å². The number of benzene rings is 1. The van der Waals surface area contributed by atoms with E-state index in [-0.39, 0.29) is 5.41 Å². The first-order chi connectivity index (χ1) is 9.00. The first-order valence-corrected chi connectivity index (χ1v) is 7.00. The number of hydrogen-bond acceptors (Lipinski definition) is 3. The van der Waals surface area contributed by atoms with E-state index in [2.05, 4.69) is 41.0 Å². The zero-order valence-electron chi connectivity index (χ0n) is 12.2. The molecule has 1 aromatic carbocycles. The summed E-state index contributed by atoms with van der Waals surface area (Å²) in [6.45, 7) is 11.2. The number of rotatable bonds is 4. The van der Waals surface area contributed by atoms with E-state index in [1.807, 2.05) is 13.8 Å². The lowest BCUT2D eigenvalue weighted by Gasteiger charge is -2.38. The Morgan fingerprint density at radius 2 is 1.89 bits per heavy atom. The first kappa shape index (κ1) is 14.1. The Morgan fingerprint density at radius 3 is 2.47 bits per heavy atom. The quantitative estimate of drug-likeness (QED) is 0.776. The Hall–Kier alpha value is -1.35. The van der Waals surface area contributed by atoms with Gasteiger partial charge < -0.3 is 9.69 Å². The molecule has 1 aliphatic rings. The molecule has 3 nitrogen and oxygen atoms in total. The molecule has 0 aliphatic carbocycles. The third kappa shape index (κ3) is 3.80. The van der Waals surface area contributed by atoms with Crippen LogP contribution in [0.3, 0.4) is 0 Å². The number of carbonyl (C=O) groups is 1. The van der Waals surface area contributed by atoms with Crippen LogP contribution in [0.4, 0.5) is 5.69 Å². The summed E-state index contributed by atoms with van der Waals surface area (Å²) in [5.74, 6) is 0. The van der Waals surface area contributed by atoms with Crippen LogP contribution < -0.4 is 4.90 Å². The minimum Gasteiger partial charge on any atom is -0.369 e. The number of aryl methyl sites for hydroxylation is 1. The Bertz CT molecular complexity index is 434. The van der Waals surface area contributed by atoms with Crippen LogP contribution in [0.5, 0.6) is 0 Å². The number of piperazine rings is 1. The fourth-order valence-electron chi connectivity index (χ4n) is 2.60. The van der Waals surface area contributed by atoms with Crippen LogP contribution in [0, 0.1) is 12.3 Å². The largest absolute Gasteiger partial charge is 0.369 e. The number of aldehydes is 1. The van der Waals surface area contributed by atoms with E-state index < -0.39 is 0 Å². The van der Waals surface area contributed by atoms with E-state index in [9.17, 15) is 4.79 Å². The fourth-order valence-corrected chi connectivity index (χ4v) is 2.60. The molecule has 1 heterocycles. The highest BCUT2D eigenvalue weighted by molar-refractivity contribution is 5.58. The summed E-state index contributed by atoms with van der Waals surface area (Å²) in [7, 11) is 0. The van der Waals surface area contributed by atoms with Crippen molar-refractivity contribution in [3.63, 3.8) is 0 Å². The molecule has 1 aromatic rings. The van der Waals surface area contributed by atoms with E-state index in [0.717, 1.165) is 39.0 Å². The Kier molecular flexibility index (Phi) is 4.25. The molecule has 0 amide bonds. The van der Waals surface area contributed by atoms with Gasteiger partial charge in [-0.1, -0.05) is 26.0 Å². The molecule has 19 heavy (non-hydrogen) atoms. The smallest absolute Gasteiger partial charge is 0.126 e. The normalized spacial score (nSPS) is 17.5. The fraction of sp³-hybridized carbons (Fsp3) is 0.562. The van der Waals surface area contributed by atoms with Crippen LogP contribution in [-0.4, -0.2) is 43.9 Å². The molecule has 1 saturated heterocycles. The summed E-state index contributed by atoms with van der Waals surface area (Å²) in [6, 6.07) is 8.67. The molecule has 3 heteroatoms. The summed E-state index contributed by atoms with van der Waals surface area (Å²) in [6.07, 6.45) is 1.07. The molecule has 0 radical (unpaired) electrons. The predicted octanol–water partition coefficient (Wildman–Crippen LogP) is 2.34. The highest BCUT2D eigenvalue weighted by atomic mass is 16.1. The molecule has 0 spiro atoms. The first-order valence-electron chi connectivity index (χ1n) is 7.00. The van der Waals surface area contributed by atoms with Crippen LogP contribution in [-0.2, 0) is 4.79 Å². The summed E-state index contributed by atoms with van der Waals surface area (Å²) in [5, 5.41) is 0. The zero-order valence-corrected chi connectivity index (χ0v) is 12.2. The number of nitrogens with zero attached hydrogens (tertiary/aromatic N) is 2. The second kappa shape index (κ2) is 5.74. The second-order valence-electron chi connectivity index (χ2n) is 6.21. The van der Waals surface area contributed by atoms with Gasteiger partial charge in [-0.05, 0) is 24.6 Å². The predicted molar refractivity (Wildman–Crippen MR) is 79.7 cm³/mol. The van der Waals surface area contributed by atoms with Gasteiger partial charge in [0, 0.05) is 43.8 Å². The highest BCUT2D eigenvalue weighted by Crippen LogP contribution is 2.20. The Balaban J connectivity index is 1.91. The molecule has 1 aliphatic heterocycles. The molecule has 2 rings (SSSR count). The van der Waals surface area contributed by atoms with Crippen LogP contribution in [0.2, 0.25) is 0 Å². The third-order valence-corrected chi connectivity index (χ3v) is 3.69. The molecule has 0 bridgehead atoms. The molecule has 0 aromatic heterocycles. The maximum atomic E-state index is 11.0. The van der Waals surface area contributed by atoms with Crippen molar-refractivity contribution in [2.45, 2.75) is 20.8 Å².